The number of aromatic amines is 2. The molecule has 196 valence electrons. The minimum atomic E-state index is -4.25. The largest absolute Gasteiger partial charge is 0.462 e. The van der Waals surface area contributed by atoms with E-state index in [0.29, 0.717) is 0 Å². The zero-order valence-electron chi connectivity index (χ0n) is 19.8. The van der Waals surface area contributed by atoms with Crippen molar-refractivity contribution in [2.45, 2.75) is 62.7 Å². The second kappa shape index (κ2) is 9.58. The van der Waals surface area contributed by atoms with Crippen molar-refractivity contribution in [3.05, 3.63) is 62.9 Å². The van der Waals surface area contributed by atoms with Crippen molar-refractivity contribution < 1.29 is 38.1 Å². The molecule has 1 aromatic heterocycles. The smallest absolute Gasteiger partial charge is 0.459 e. The van der Waals surface area contributed by atoms with Crippen molar-refractivity contribution in [3.8, 4) is 5.75 Å². The van der Waals surface area contributed by atoms with Crippen molar-refractivity contribution in [2.24, 2.45) is 0 Å². The summed E-state index contributed by atoms with van der Waals surface area (Å²) in [6, 6.07) is 8.05. The first kappa shape index (κ1) is 26.3. The number of nitrogens with one attached hydrogen (secondary N) is 3. The maximum Gasteiger partial charge on any atom is 0.459 e. The van der Waals surface area contributed by atoms with E-state index in [1.807, 2.05) is 4.98 Å². The second-order valence-electron chi connectivity index (χ2n) is 9.11. The second-order valence-corrected chi connectivity index (χ2v) is 10.8. The summed E-state index contributed by atoms with van der Waals surface area (Å²) in [7, 11) is -4.25. The number of benzene rings is 1. The van der Waals surface area contributed by atoms with Crippen molar-refractivity contribution in [1.82, 2.24) is 15.1 Å². The molecule has 0 spiro atoms. The number of aliphatic hydroxyl groups is 2. The third kappa shape index (κ3) is 5.17. The highest BCUT2D eigenvalue weighted by molar-refractivity contribution is 7.52. The monoisotopic (exact) mass is 525 g/mol. The molecule has 2 aromatic rings. The third-order valence-electron chi connectivity index (χ3n) is 5.92. The molecule has 0 radical (unpaired) electrons. The third-order valence-corrected chi connectivity index (χ3v) is 7.56. The van der Waals surface area contributed by atoms with E-state index in [0.717, 1.165) is 6.07 Å². The highest BCUT2D eigenvalue weighted by Crippen LogP contribution is 2.65. The average Bonchev–Trinajstić information content (AvgIpc) is 3.27. The molecular weight excluding hydrogens is 497 g/mol. The lowest BCUT2D eigenvalue weighted by atomic mass is 10.1. The zero-order chi connectivity index (χ0) is 26.3. The fourth-order valence-corrected chi connectivity index (χ4v) is 5.60. The number of aromatic nitrogens is 2. The van der Waals surface area contributed by atoms with Crippen LogP contribution in [0.3, 0.4) is 0 Å². The van der Waals surface area contributed by atoms with Crippen molar-refractivity contribution in [1.29, 1.82) is 0 Å². The number of ether oxygens (including phenoxy) is 2. The first-order chi connectivity index (χ1) is 16.8. The molecule has 4 rings (SSSR count). The predicted octanol–water partition coefficient (Wildman–Crippen LogP) is 0.502. The van der Waals surface area contributed by atoms with Crippen molar-refractivity contribution >= 4 is 13.7 Å². The van der Waals surface area contributed by atoms with E-state index in [9.17, 15) is 29.2 Å². The lowest BCUT2D eigenvalue weighted by Crippen LogP contribution is -2.38. The Morgan fingerprint density at radius 1 is 1.19 bits per heavy atom. The Hall–Kier alpha value is -2.80. The number of esters is 1. The van der Waals surface area contributed by atoms with Crippen LogP contribution in [0.5, 0.6) is 5.75 Å². The minimum Gasteiger partial charge on any atom is -0.462 e. The molecule has 36 heavy (non-hydrogen) atoms. The van der Waals surface area contributed by atoms with E-state index in [1.165, 1.54) is 19.1 Å². The molecule has 1 saturated heterocycles. The number of carbonyl (C=O) groups is 1. The van der Waals surface area contributed by atoms with Crippen LogP contribution in [0.4, 0.5) is 0 Å². The van der Waals surface area contributed by atoms with Gasteiger partial charge in [-0.3, -0.25) is 19.1 Å². The molecule has 1 saturated carbocycles. The summed E-state index contributed by atoms with van der Waals surface area (Å²) >= 11 is 0. The summed E-state index contributed by atoms with van der Waals surface area (Å²) in [5.41, 5.74) is -5.14. The molecule has 13 nitrogen and oxygen atoms in total. The zero-order valence-corrected chi connectivity index (χ0v) is 20.7. The molecule has 6 atom stereocenters. The topological polar surface area (TPSA) is 189 Å². The highest BCUT2D eigenvalue weighted by Gasteiger charge is 2.80. The van der Waals surface area contributed by atoms with Gasteiger partial charge in [-0.2, -0.15) is 5.09 Å². The van der Waals surface area contributed by atoms with Gasteiger partial charge < -0.3 is 29.2 Å². The van der Waals surface area contributed by atoms with Crippen LogP contribution in [0.2, 0.25) is 0 Å². The molecule has 2 fully saturated rings. The standard InChI is InChI=1S/C22H28N3O10P/c1-12(2)33-19(27)13(3)25-36(31,35-14-7-5-4-6-8-14)32-10-16-21(29)11-22(21,30)18(34-16)15-9-17(26)24-20(28)23-15/h4-9,12-13,16,18,29-30H,10-11H2,1-3H3,(H,25,31)(H2,23,24,26,28)/t13-,16-,18+,21+,22+,36?/m1/s1. The van der Waals surface area contributed by atoms with E-state index in [4.69, 9.17) is 18.5 Å². The van der Waals surface area contributed by atoms with Gasteiger partial charge in [0.15, 0.2) is 0 Å². The molecule has 0 amide bonds. The molecule has 2 aliphatic rings. The molecule has 2 heterocycles. The summed E-state index contributed by atoms with van der Waals surface area (Å²) in [6.07, 6.45) is -2.99. The number of para-hydroxylation sites is 1. The first-order valence-corrected chi connectivity index (χ1v) is 12.8. The summed E-state index contributed by atoms with van der Waals surface area (Å²) in [4.78, 5) is 40.1. The van der Waals surface area contributed by atoms with Crippen LogP contribution < -0.4 is 20.9 Å². The number of rotatable bonds is 10. The lowest BCUT2D eigenvalue weighted by molar-refractivity contribution is -0.149. The van der Waals surface area contributed by atoms with Gasteiger partial charge >= 0.3 is 19.4 Å². The van der Waals surface area contributed by atoms with Gasteiger partial charge in [0.1, 0.15) is 35.2 Å². The average molecular weight is 525 g/mol. The van der Waals surface area contributed by atoms with Gasteiger partial charge in [0.25, 0.3) is 5.56 Å². The molecule has 1 aliphatic carbocycles. The Kier molecular flexibility index (Phi) is 6.99. The highest BCUT2D eigenvalue weighted by atomic mass is 31.2. The Morgan fingerprint density at radius 3 is 2.53 bits per heavy atom. The van der Waals surface area contributed by atoms with E-state index in [-0.39, 0.29) is 17.9 Å². The molecule has 5 N–H and O–H groups in total. The van der Waals surface area contributed by atoms with Gasteiger partial charge in [0.05, 0.1) is 18.4 Å². The van der Waals surface area contributed by atoms with E-state index in [1.54, 1.807) is 32.0 Å². The van der Waals surface area contributed by atoms with E-state index >= 15 is 0 Å². The normalized spacial score (nSPS) is 29.3. The minimum absolute atomic E-state index is 0.0310. The number of hydrogen-bond donors (Lipinski definition) is 5. The maximum atomic E-state index is 13.6. The van der Waals surface area contributed by atoms with Gasteiger partial charge in [0, 0.05) is 12.5 Å². The van der Waals surface area contributed by atoms with E-state index < -0.39 is 67.1 Å². The van der Waals surface area contributed by atoms with E-state index in [2.05, 4.69) is 10.1 Å². The Balaban J connectivity index is 1.52. The summed E-state index contributed by atoms with van der Waals surface area (Å²) in [6.45, 7) is 4.24. The van der Waals surface area contributed by atoms with Crippen molar-refractivity contribution in [3.63, 3.8) is 0 Å². The number of carbonyl (C=O) groups excluding carboxylic acids is 1. The van der Waals surface area contributed by atoms with Crippen molar-refractivity contribution in [2.75, 3.05) is 6.61 Å². The van der Waals surface area contributed by atoms with Crippen LogP contribution in [0.15, 0.2) is 46.0 Å². The van der Waals surface area contributed by atoms with Gasteiger partial charge in [-0.15, -0.1) is 0 Å². The predicted molar refractivity (Wildman–Crippen MR) is 124 cm³/mol. The molecule has 0 bridgehead atoms. The number of fused-ring (bicyclic) bond motifs is 1. The molecule has 1 aromatic carbocycles. The number of H-pyrrole nitrogens is 2. The van der Waals surface area contributed by atoms with Gasteiger partial charge in [-0.1, -0.05) is 18.2 Å². The first-order valence-electron chi connectivity index (χ1n) is 11.3. The van der Waals surface area contributed by atoms with Crippen LogP contribution >= 0.6 is 7.75 Å². The van der Waals surface area contributed by atoms with Crippen LogP contribution in [0.1, 0.15) is 39.0 Å². The van der Waals surface area contributed by atoms with Gasteiger partial charge in [-0.05, 0) is 32.9 Å². The van der Waals surface area contributed by atoms with Crippen LogP contribution in [-0.4, -0.2) is 62.2 Å². The lowest BCUT2D eigenvalue weighted by Gasteiger charge is -2.26. The van der Waals surface area contributed by atoms with Gasteiger partial charge in [-0.25, -0.2) is 9.36 Å². The van der Waals surface area contributed by atoms with Crippen LogP contribution in [0.25, 0.3) is 0 Å². The molecule has 1 aliphatic heterocycles. The molecule has 1 unspecified atom stereocenters. The Bertz CT molecular complexity index is 1250. The Labute approximate surface area is 205 Å². The van der Waals surface area contributed by atoms with Crippen LogP contribution in [0, 0.1) is 0 Å². The number of hydrogen-bond acceptors (Lipinski definition) is 10. The fourth-order valence-electron chi connectivity index (χ4n) is 4.11. The Morgan fingerprint density at radius 2 is 1.89 bits per heavy atom. The summed E-state index contributed by atoms with van der Waals surface area (Å²) in [5, 5.41) is 24.4. The SMILES string of the molecule is CC(C)OC(=O)[C@@H](C)NP(=O)(OC[C@H]1O[C@@H](c2cc(=O)[nH]c(=O)[nH]2)[C@@]2(O)C[C@]12O)Oc1ccccc1. The maximum absolute atomic E-state index is 13.6. The molecular formula is C22H28N3O10P. The quantitative estimate of drug-likeness (QED) is 0.215. The van der Waals surface area contributed by atoms with Crippen LogP contribution in [-0.2, 0) is 23.4 Å². The fraction of sp³-hybridized carbons (Fsp3) is 0.500. The summed E-state index contributed by atoms with van der Waals surface area (Å²) < 4.78 is 35.6. The summed E-state index contributed by atoms with van der Waals surface area (Å²) in [5.74, 6) is -0.498. The molecule has 14 heteroatoms. The van der Waals surface area contributed by atoms with Gasteiger partial charge in [0.2, 0.25) is 0 Å².